The van der Waals surface area contributed by atoms with Crippen molar-refractivity contribution in [2.45, 2.75) is 0 Å². The van der Waals surface area contributed by atoms with Gasteiger partial charge in [-0.3, -0.25) is 5.43 Å². The molecule has 0 radical (unpaired) electrons. The van der Waals surface area contributed by atoms with Crippen molar-refractivity contribution in [2.75, 3.05) is 11.2 Å². The molecule has 0 fully saturated rings. The summed E-state index contributed by atoms with van der Waals surface area (Å²) in [6, 6.07) is 9.48. The molecule has 0 bridgehead atoms. The molecule has 2 aromatic rings. The number of para-hydroxylation sites is 1. The highest BCUT2D eigenvalue weighted by Crippen LogP contribution is 2.16. The number of anilines is 2. The predicted molar refractivity (Wildman–Crippen MR) is 53.8 cm³/mol. The van der Waals surface area contributed by atoms with Gasteiger partial charge in [-0.2, -0.15) is 4.79 Å². The van der Waals surface area contributed by atoms with Gasteiger partial charge in [0.25, 0.3) is 0 Å². The lowest BCUT2D eigenvalue weighted by Gasteiger charge is -2.03. The van der Waals surface area contributed by atoms with E-state index < -0.39 is 0 Å². The van der Waals surface area contributed by atoms with Crippen LogP contribution in [0, 0.1) is 0 Å². The van der Waals surface area contributed by atoms with Crippen LogP contribution in [0.25, 0.3) is 0 Å². The van der Waals surface area contributed by atoms with Gasteiger partial charge in [0.2, 0.25) is 0 Å². The molecular formula is C9H10N4O. The molecule has 1 aromatic carbocycles. The Morgan fingerprint density at radius 3 is 2.57 bits per heavy atom. The maximum absolute atomic E-state index is 9.17. The third-order valence-electron chi connectivity index (χ3n) is 1.74. The van der Waals surface area contributed by atoms with E-state index in [4.69, 9.17) is 10.8 Å². The first-order chi connectivity index (χ1) is 6.75. The smallest absolute Gasteiger partial charge is 0.189 e. The van der Waals surface area contributed by atoms with Crippen molar-refractivity contribution >= 4 is 11.5 Å². The maximum Gasteiger partial charge on any atom is 0.189 e. The Morgan fingerprint density at radius 2 is 2.00 bits per heavy atom. The number of rotatable bonds is 2. The second-order valence-electron chi connectivity index (χ2n) is 2.82. The third-order valence-corrected chi connectivity index (χ3v) is 1.74. The maximum atomic E-state index is 9.17. The molecular weight excluding hydrogens is 180 g/mol. The molecule has 2 rings (SSSR count). The van der Waals surface area contributed by atoms with Crippen molar-refractivity contribution in [3.05, 3.63) is 36.5 Å². The van der Waals surface area contributed by atoms with Crippen molar-refractivity contribution in [3.63, 3.8) is 0 Å². The van der Waals surface area contributed by atoms with Gasteiger partial charge in [0.05, 0.1) is 11.9 Å². The van der Waals surface area contributed by atoms with E-state index >= 15 is 0 Å². The normalized spacial score (nSPS) is 10.0. The highest BCUT2D eigenvalue weighted by molar-refractivity contribution is 5.46. The summed E-state index contributed by atoms with van der Waals surface area (Å²) in [6.07, 6.45) is 1.41. The molecule has 5 heteroatoms. The minimum atomic E-state index is -0.0339. The first-order valence-corrected chi connectivity index (χ1v) is 4.12. The molecule has 0 atom stereocenters. The predicted octanol–water partition coefficient (Wildman–Crippen LogP) is 1.05. The van der Waals surface area contributed by atoms with E-state index in [1.165, 1.54) is 11.0 Å². The van der Waals surface area contributed by atoms with Gasteiger partial charge in [-0.1, -0.05) is 18.2 Å². The monoisotopic (exact) mass is 190 g/mol. The SMILES string of the molecule is Nc1nn(Nc2ccccc2)cc1O. The summed E-state index contributed by atoms with van der Waals surface area (Å²) in [6.45, 7) is 0. The molecule has 4 N–H and O–H groups in total. The number of hydrogen-bond acceptors (Lipinski definition) is 4. The molecule has 0 unspecified atom stereocenters. The van der Waals surface area contributed by atoms with E-state index in [9.17, 15) is 0 Å². The molecule has 1 heterocycles. The Bertz CT molecular complexity index is 404. The van der Waals surface area contributed by atoms with Crippen molar-refractivity contribution in [1.29, 1.82) is 0 Å². The van der Waals surface area contributed by atoms with E-state index in [0.717, 1.165) is 5.69 Å². The van der Waals surface area contributed by atoms with Crippen LogP contribution >= 0.6 is 0 Å². The van der Waals surface area contributed by atoms with Crippen LogP contribution in [0.2, 0.25) is 0 Å². The summed E-state index contributed by atoms with van der Waals surface area (Å²) in [5.74, 6) is 0.0712. The zero-order chi connectivity index (χ0) is 9.97. The van der Waals surface area contributed by atoms with Crippen LogP contribution in [0.3, 0.4) is 0 Å². The minimum absolute atomic E-state index is 0.0339. The number of aromatic hydroxyl groups is 1. The highest BCUT2D eigenvalue weighted by atomic mass is 16.3. The Hall–Kier alpha value is -2.17. The van der Waals surface area contributed by atoms with Crippen LogP contribution in [0.15, 0.2) is 36.5 Å². The van der Waals surface area contributed by atoms with Gasteiger partial charge < -0.3 is 10.8 Å². The molecule has 5 nitrogen and oxygen atoms in total. The number of nitrogens with one attached hydrogen (secondary N) is 1. The quantitative estimate of drug-likeness (QED) is 0.661. The van der Waals surface area contributed by atoms with Crippen LogP contribution in [-0.2, 0) is 0 Å². The number of nitrogen functional groups attached to an aromatic ring is 1. The van der Waals surface area contributed by atoms with Gasteiger partial charge in [-0.25, -0.2) is 0 Å². The minimum Gasteiger partial charge on any atom is -0.503 e. The number of nitrogens with zero attached hydrogens (tertiary/aromatic N) is 2. The zero-order valence-corrected chi connectivity index (χ0v) is 7.38. The van der Waals surface area contributed by atoms with Crippen LogP contribution in [0.5, 0.6) is 5.75 Å². The summed E-state index contributed by atoms with van der Waals surface area (Å²) < 4.78 is 0. The van der Waals surface area contributed by atoms with Gasteiger partial charge in [-0.15, -0.1) is 5.10 Å². The summed E-state index contributed by atoms with van der Waals surface area (Å²) >= 11 is 0. The lowest BCUT2D eigenvalue weighted by Crippen LogP contribution is -2.09. The molecule has 1 aromatic heterocycles. The van der Waals surface area contributed by atoms with Crippen molar-refractivity contribution in [2.24, 2.45) is 0 Å². The van der Waals surface area contributed by atoms with E-state index in [2.05, 4.69) is 10.5 Å². The fourth-order valence-corrected chi connectivity index (χ4v) is 1.08. The third kappa shape index (κ3) is 1.61. The van der Waals surface area contributed by atoms with E-state index in [0.29, 0.717) is 0 Å². The standard InChI is InChI=1S/C9H10N4O/c10-9-8(14)6-13(12-9)11-7-4-2-1-3-5-7/h1-6,11,14H,(H2,10,12). The Balaban J connectivity index is 2.19. The number of benzene rings is 1. The van der Waals surface area contributed by atoms with E-state index in [-0.39, 0.29) is 11.6 Å². The topological polar surface area (TPSA) is 76.1 Å². The summed E-state index contributed by atoms with van der Waals surface area (Å²) in [7, 11) is 0. The lowest BCUT2D eigenvalue weighted by atomic mass is 10.3. The zero-order valence-electron chi connectivity index (χ0n) is 7.38. The van der Waals surface area contributed by atoms with Crippen LogP contribution in [0.1, 0.15) is 0 Å². The molecule has 0 spiro atoms. The first kappa shape index (κ1) is 8.43. The molecule has 72 valence electrons. The Kier molecular flexibility index (Phi) is 1.98. The van der Waals surface area contributed by atoms with Crippen LogP contribution in [0.4, 0.5) is 11.5 Å². The lowest BCUT2D eigenvalue weighted by molar-refractivity contribution is 0.477. The molecule has 0 saturated heterocycles. The van der Waals surface area contributed by atoms with Crippen molar-refractivity contribution < 1.29 is 5.11 Å². The number of hydrogen-bond donors (Lipinski definition) is 3. The second kappa shape index (κ2) is 3.29. The summed E-state index contributed by atoms with van der Waals surface area (Å²) in [5, 5.41) is 13.0. The Morgan fingerprint density at radius 1 is 1.29 bits per heavy atom. The largest absolute Gasteiger partial charge is 0.503 e. The van der Waals surface area contributed by atoms with Gasteiger partial charge in [0.1, 0.15) is 0 Å². The van der Waals surface area contributed by atoms with Crippen molar-refractivity contribution in [1.82, 2.24) is 9.89 Å². The average Bonchev–Trinajstić information content (AvgIpc) is 2.47. The second-order valence-corrected chi connectivity index (χ2v) is 2.82. The molecule has 0 amide bonds. The van der Waals surface area contributed by atoms with Gasteiger partial charge in [-0.05, 0) is 12.1 Å². The van der Waals surface area contributed by atoms with Crippen LogP contribution < -0.4 is 11.2 Å². The van der Waals surface area contributed by atoms with Gasteiger partial charge >= 0.3 is 0 Å². The summed E-state index contributed by atoms with van der Waals surface area (Å²) in [4.78, 5) is 1.36. The number of nitrogens with two attached hydrogens (primary N) is 1. The molecule has 0 aliphatic rings. The fraction of sp³-hybridized carbons (Fsp3) is 0. The Labute approximate surface area is 80.7 Å². The van der Waals surface area contributed by atoms with E-state index in [1.54, 1.807) is 0 Å². The van der Waals surface area contributed by atoms with Gasteiger partial charge in [0, 0.05) is 0 Å². The molecule has 0 aliphatic carbocycles. The van der Waals surface area contributed by atoms with Crippen molar-refractivity contribution in [3.8, 4) is 5.75 Å². The molecule has 0 saturated carbocycles. The van der Waals surface area contributed by atoms with Crippen LogP contribution in [-0.4, -0.2) is 15.0 Å². The number of aromatic nitrogens is 2. The molecule has 14 heavy (non-hydrogen) atoms. The average molecular weight is 190 g/mol. The summed E-state index contributed by atoms with van der Waals surface area (Å²) in [5.41, 5.74) is 9.17. The molecule has 0 aliphatic heterocycles. The van der Waals surface area contributed by atoms with E-state index in [1.807, 2.05) is 30.3 Å². The first-order valence-electron chi connectivity index (χ1n) is 4.12. The highest BCUT2D eigenvalue weighted by Gasteiger charge is 2.02. The fourth-order valence-electron chi connectivity index (χ4n) is 1.08. The van der Waals surface area contributed by atoms with Gasteiger partial charge in [0.15, 0.2) is 11.6 Å².